The van der Waals surface area contributed by atoms with Crippen molar-refractivity contribution in [2.24, 2.45) is 0 Å². The number of aromatic carboxylic acids is 2. The van der Waals surface area contributed by atoms with Gasteiger partial charge in [0, 0.05) is 23.5 Å². The van der Waals surface area contributed by atoms with Gasteiger partial charge >= 0.3 is 0 Å². The molecule has 1 aromatic heterocycles. The van der Waals surface area contributed by atoms with Gasteiger partial charge in [-0.15, -0.1) is 0 Å². The Bertz CT molecular complexity index is 524. The summed E-state index contributed by atoms with van der Waals surface area (Å²) in [5, 5.41) is 20.6. The number of hydrogen-bond acceptors (Lipinski definition) is 5. The van der Waals surface area contributed by atoms with Gasteiger partial charge in [-0.2, -0.15) is 0 Å². The van der Waals surface area contributed by atoms with Gasteiger partial charge in [-0.3, -0.25) is 4.98 Å². The third kappa shape index (κ3) is 9.67. The molecular formula is C23H43N3O4. The van der Waals surface area contributed by atoms with Gasteiger partial charge in [0.05, 0.1) is 64.3 Å². The average molecular weight is 426 g/mol. The third-order valence-corrected chi connectivity index (χ3v) is 6.63. The number of pyridine rings is 1. The van der Waals surface area contributed by atoms with Crippen molar-refractivity contribution in [1.82, 2.24) is 4.98 Å². The number of hydrogen-bond donors (Lipinski definition) is 0. The van der Waals surface area contributed by atoms with E-state index in [4.69, 9.17) is 0 Å². The Kier molecular flexibility index (Phi) is 15.9. The summed E-state index contributed by atoms with van der Waals surface area (Å²) in [6, 6.07) is 1.04. The van der Waals surface area contributed by atoms with Crippen LogP contribution >= 0.6 is 0 Å². The van der Waals surface area contributed by atoms with Crippen LogP contribution in [0.25, 0.3) is 0 Å². The van der Waals surface area contributed by atoms with Crippen LogP contribution in [-0.2, 0) is 0 Å². The van der Waals surface area contributed by atoms with Crippen LogP contribution in [-0.4, -0.2) is 78.2 Å². The molecule has 0 aromatic carbocycles. The Hall–Kier alpha value is -1.99. The summed E-state index contributed by atoms with van der Waals surface area (Å²) in [6.45, 7) is 28.4. The highest BCUT2D eigenvalue weighted by Crippen LogP contribution is 2.04. The molecule has 0 saturated heterocycles. The molecule has 0 atom stereocenters. The van der Waals surface area contributed by atoms with Crippen LogP contribution in [0.5, 0.6) is 0 Å². The lowest BCUT2D eigenvalue weighted by atomic mass is 10.1. The second-order valence-electron chi connectivity index (χ2n) is 7.21. The van der Waals surface area contributed by atoms with Crippen molar-refractivity contribution < 1.29 is 28.8 Å². The average Bonchev–Trinajstić information content (AvgIpc) is 2.78. The minimum atomic E-state index is -1.58. The van der Waals surface area contributed by atoms with Gasteiger partial charge in [-0.25, -0.2) is 0 Å². The molecular weight excluding hydrogens is 382 g/mol. The van der Waals surface area contributed by atoms with Gasteiger partial charge < -0.3 is 28.8 Å². The van der Waals surface area contributed by atoms with E-state index >= 15 is 0 Å². The molecule has 7 heteroatoms. The number of nitrogens with zero attached hydrogens (tertiary/aromatic N) is 3. The number of quaternary nitrogens is 2. The molecule has 0 saturated carbocycles. The maximum Gasteiger partial charge on any atom is 0.0757 e. The monoisotopic (exact) mass is 425 g/mol. The summed E-state index contributed by atoms with van der Waals surface area (Å²) in [7, 11) is 0. The first-order chi connectivity index (χ1) is 14.1. The summed E-state index contributed by atoms with van der Waals surface area (Å²) < 4.78 is 2.56. The van der Waals surface area contributed by atoms with Crippen LogP contribution in [0.4, 0.5) is 0 Å². The van der Waals surface area contributed by atoms with Crippen LogP contribution in [0.2, 0.25) is 0 Å². The number of rotatable bonds is 10. The standard InChI is InChI=1S/2C8H20N.C7H5NO4/c2*1-5-9(6-2,7-3)8-4;9-6(10)4-1-2-8-3-5(4)7(11)12/h2*5-8H2,1-4H3;1-3H,(H,9,10)(H,11,12)/q2*+1;/p-2. The minimum Gasteiger partial charge on any atom is -0.545 e. The van der Waals surface area contributed by atoms with Crippen LogP contribution in [0.1, 0.15) is 76.1 Å². The summed E-state index contributed by atoms with van der Waals surface area (Å²) in [5.74, 6) is -3.14. The van der Waals surface area contributed by atoms with E-state index in [0.29, 0.717) is 0 Å². The van der Waals surface area contributed by atoms with Gasteiger partial charge in [-0.05, 0) is 61.5 Å². The Balaban J connectivity index is 0. The zero-order valence-electron chi connectivity index (χ0n) is 20.4. The zero-order valence-corrected chi connectivity index (χ0v) is 20.4. The van der Waals surface area contributed by atoms with Crippen LogP contribution in [0, 0.1) is 0 Å². The highest BCUT2D eigenvalue weighted by atomic mass is 16.4. The Labute approximate surface area is 183 Å². The molecule has 0 spiro atoms. The topological polar surface area (TPSA) is 93.2 Å². The highest BCUT2D eigenvalue weighted by Gasteiger charge is 2.16. The van der Waals surface area contributed by atoms with E-state index < -0.39 is 23.1 Å². The lowest BCUT2D eigenvalue weighted by Gasteiger charge is -2.34. The first kappa shape index (κ1) is 30.2. The first-order valence-electron chi connectivity index (χ1n) is 11.2. The van der Waals surface area contributed by atoms with Crippen LogP contribution in [0.3, 0.4) is 0 Å². The molecule has 0 unspecified atom stereocenters. The second kappa shape index (κ2) is 15.8. The Morgan fingerprint density at radius 3 is 1.13 bits per heavy atom. The molecule has 0 amide bonds. The Morgan fingerprint density at radius 1 is 0.667 bits per heavy atom. The third-order valence-electron chi connectivity index (χ3n) is 6.63. The summed E-state index contributed by atoms with van der Waals surface area (Å²) >= 11 is 0. The maximum absolute atomic E-state index is 10.3. The number of carboxylic acids is 2. The van der Waals surface area contributed by atoms with Crippen molar-refractivity contribution in [2.45, 2.75) is 55.4 Å². The van der Waals surface area contributed by atoms with Crippen molar-refractivity contribution in [3.8, 4) is 0 Å². The van der Waals surface area contributed by atoms with Crippen molar-refractivity contribution in [2.75, 3.05) is 52.4 Å². The Morgan fingerprint density at radius 2 is 0.967 bits per heavy atom. The quantitative estimate of drug-likeness (QED) is 0.531. The smallest absolute Gasteiger partial charge is 0.0757 e. The number of carboxylic acid groups (broad SMARTS) is 2. The van der Waals surface area contributed by atoms with Gasteiger partial charge in [-0.1, -0.05) is 0 Å². The molecule has 30 heavy (non-hydrogen) atoms. The molecule has 7 nitrogen and oxygen atoms in total. The van der Waals surface area contributed by atoms with Crippen molar-refractivity contribution in [1.29, 1.82) is 0 Å². The molecule has 0 radical (unpaired) electrons. The van der Waals surface area contributed by atoms with E-state index in [1.807, 2.05) is 0 Å². The van der Waals surface area contributed by atoms with Crippen molar-refractivity contribution in [3.05, 3.63) is 29.6 Å². The van der Waals surface area contributed by atoms with Crippen molar-refractivity contribution in [3.63, 3.8) is 0 Å². The van der Waals surface area contributed by atoms with E-state index in [1.165, 1.54) is 61.3 Å². The fraction of sp³-hybridized carbons (Fsp3) is 0.696. The lowest BCUT2D eigenvalue weighted by molar-refractivity contribution is -0.921. The fourth-order valence-corrected chi connectivity index (χ4v) is 3.42. The molecule has 0 aliphatic rings. The predicted octanol–water partition coefficient (Wildman–Crippen LogP) is 1.57. The number of carbonyl (C=O) groups is 2. The normalized spacial score (nSPS) is 10.9. The number of aromatic nitrogens is 1. The molecule has 1 rings (SSSR count). The van der Waals surface area contributed by atoms with E-state index in [-0.39, 0.29) is 0 Å². The second-order valence-corrected chi connectivity index (χ2v) is 7.21. The zero-order chi connectivity index (χ0) is 23.8. The van der Waals surface area contributed by atoms with E-state index in [0.717, 1.165) is 18.5 Å². The van der Waals surface area contributed by atoms with Crippen molar-refractivity contribution >= 4 is 11.9 Å². The lowest BCUT2D eigenvalue weighted by Crippen LogP contribution is -2.47. The first-order valence-corrected chi connectivity index (χ1v) is 11.2. The summed E-state index contributed by atoms with van der Waals surface area (Å²) in [6.07, 6.45) is 2.07. The maximum atomic E-state index is 10.3. The van der Waals surface area contributed by atoms with Gasteiger partial charge in [0.1, 0.15) is 0 Å². The molecule has 1 heterocycles. The van der Waals surface area contributed by atoms with E-state index in [1.54, 1.807) is 0 Å². The largest absolute Gasteiger partial charge is 0.545 e. The molecule has 0 N–H and O–H groups in total. The van der Waals surface area contributed by atoms with Gasteiger partial charge in [0.25, 0.3) is 0 Å². The fourth-order valence-electron chi connectivity index (χ4n) is 3.42. The van der Waals surface area contributed by atoms with Crippen LogP contribution in [0.15, 0.2) is 18.5 Å². The van der Waals surface area contributed by atoms with E-state index in [2.05, 4.69) is 60.4 Å². The van der Waals surface area contributed by atoms with Gasteiger partial charge in [0.15, 0.2) is 0 Å². The summed E-state index contributed by atoms with van der Waals surface area (Å²) in [4.78, 5) is 24.0. The molecule has 0 aliphatic heterocycles. The summed E-state index contributed by atoms with van der Waals surface area (Å²) in [5.41, 5.74) is -0.900. The molecule has 1 aromatic rings. The van der Waals surface area contributed by atoms with Crippen LogP contribution < -0.4 is 10.2 Å². The SMILES string of the molecule is CC[N+](CC)(CC)CC.CC[N+](CC)(CC)CC.O=C([O-])c1ccncc1C(=O)[O-]. The molecule has 0 aliphatic carbocycles. The minimum absolute atomic E-state index is 0.426. The number of carbonyl (C=O) groups excluding carboxylic acids is 2. The molecule has 174 valence electrons. The molecule has 0 fully saturated rings. The molecule has 0 bridgehead atoms. The van der Waals surface area contributed by atoms with Gasteiger partial charge in [0.2, 0.25) is 0 Å². The predicted molar refractivity (Wildman–Crippen MR) is 118 cm³/mol. The van der Waals surface area contributed by atoms with E-state index in [9.17, 15) is 19.8 Å². The highest BCUT2D eigenvalue weighted by molar-refractivity contribution is 5.99.